The van der Waals surface area contributed by atoms with Crippen LogP contribution in [-0.2, 0) is 14.8 Å². The van der Waals surface area contributed by atoms with Crippen molar-refractivity contribution in [3.63, 3.8) is 0 Å². The number of aryl methyl sites for hydroxylation is 1. The van der Waals surface area contributed by atoms with Crippen molar-refractivity contribution >= 4 is 21.6 Å². The SMILES string of the molecule is Cc1ccncc1NC(=O)CN1CCCS1(=O)=O. The number of carbonyl (C=O) groups excluding carboxylic acids is 1. The van der Waals surface area contributed by atoms with Crippen LogP contribution < -0.4 is 5.32 Å². The van der Waals surface area contributed by atoms with Crippen LogP contribution in [0.25, 0.3) is 0 Å². The Morgan fingerprint density at radius 3 is 2.94 bits per heavy atom. The number of pyridine rings is 1. The molecule has 1 fully saturated rings. The molecule has 1 aliphatic heterocycles. The molecule has 1 N–H and O–H groups in total. The highest BCUT2D eigenvalue weighted by Crippen LogP contribution is 2.14. The molecule has 2 heterocycles. The summed E-state index contributed by atoms with van der Waals surface area (Å²) in [6, 6.07) is 1.78. The number of hydrogen-bond donors (Lipinski definition) is 1. The van der Waals surface area contributed by atoms with Crippen LogP contribution in [0.15, 0.2) is 18.5 Å². The fourth-order valence-electron chi connectivity index (χ4n) is 1.81. The average molecular weight is 269 g/mol. The molecule has 0 spiro atoms. The molecule has 0 bridgehead atoms. The highest BCUT2D eigenvalue weighted by molar-refractivity contribution is 7.89. The van der Waals surface area contributed by atoms with E-state index in [0.717, 1.165) is 5.56 Å². The van der Waals surface area contributed by atoms with E-state index in [2.05, 4.69) is 10.3 Å². The molecule has 0 saturated carbocycles. The third-order valence-corrected chi connectivity index (χ3v) is 4.74. The van der Waals surface area contributed by atoms with Crippen LogP contribution in [0.3, 0.4) is 0 Å². The summed E-state index contributed by atoms with van der Waals surface area (Å²) < 4.78 is 24.3. The molecule has 1 aromatic heterocycles. The van der Waals surface area contributed by atoms with Crippen molar-refractivity contribution in [1.82, 2.24) is 9.29 Å². The van der Waals surface area contributed by atoms with E-state index in [0.29, 0.717) is 18.7 Å². The van der Waals surface area contributed by atoms with Gasteiger partial charge in [0.05, 0.1) is 24.2 Å². The number of carbonyl (C=O) groups is 1. The Labute approximate surface area is 106 Å². The Morgan fingerprint density at radius 1 is 1.56 bits per heavy atom. The lowest BCUT2D eigenvalue weighted by molar-refractivity contribution is -0.116. The molecule has 1 saturated heterocycles. The van der Waals surface area contributed by atoms with Crippen LogP contribution in [0.2, 0.25) is 0 Å². The average Bonchev–Trinajstić information content (AvgIpc) is 2.62. The predicted molar refractivity (Wildman–Crippen MR) is 67.6 cm³/mol. The molecule has 0 aliphatic carbocycles. The number of hydrogen-bond acceptors (Lipinski definition) is 4. The summed E-state index contributed by atoms with van der Waals surface area (Å²) in [5.74, 6) is -0.205. The Morgan fingerprint density at radius 2 is 2.33 bits per heavy atom. The van der Waals surface area contributed by atoms with E-state index in [4.69, 9.17) is 0 Å². The molecule has 18 heavy (non-hydrogen) atoms. The summed E-state index contributed by atoms with van der Waals surface area (Å²) in [7, 11) is -3.23. The number of sulfonamides is 1. The minimum absolute atomic E-state index is 0.128. The monoisotopic (exact) mass is 269 g/mol. The zero-order chi connectivity index (χ0) is 13.2. The van der Waals surface area contributed by atoms with Gasteiger partial charge in [0.25, 0.3) is 0 Å². The summed E-state index contributed by atoms with van der Waals surface area (Å²) >= 11 is 0. The maximum atomic E-state index is 11.8. The van der Waals surface area contributed by atoms with Crippen LogP contribution in [0.4, 0.5) is 5.69 Å². The van der Waals surface area contributed by atoms with Gasteiger partial charge in [0, 0.05) is 12.7 Å². The zero-order valence-corrected chi connectivity index (χ0v) is 10.9. The van der Waals surface area contributed by atoms with Crippen molar-refractivity contribution in [3.05, 3.63) is 24.0 Å². The normalized spacial score (nSPS) is 18.7. The van der Waals surface area contributed by atoms with Crippen LogP contribution in [0.5, 0.6) is 0 Å². The molecule has 2 rings (SSSR count). The molecule has 0 aromatic carbocycles. The van der Waals surface area contributed by atoms with Gasteiger partial charge in [-0.15, -0.1) is 0 Å². The second-order valence-electron chi connectivity index (χ2n) is 4.24. The molecule has 1 aliphatic rings. The predicted octanol–water partition coefficient (Wildman–Crippen LogP) is 0.364. The standard InChI is InChI=1S/C11H15N3O3S/c1-9-3-4-12-7-10(9)13-11(15)8-14-5-2-6-18(14,16)17/h3-4,7H,2,5-6,8H2,1H3,(H,13,15). The van der Waals surface area contributed by atoms with E-state index in [1.54, 1.807) is 18.5 Å². The van der Waals surface area contributed by atoms with Gasteiger partial charge in [-0.05, 0) is 25.0 Å². The molecular weight excluding hydrogens is 254 g/mol. The topological polar surface area (TPSA) is 79.4 Å². The number of rotatable bonds is 3. The fourth-order valence-corrected chi connectivity index (χ4v) is 3.29. The summed E-state index contributed by atoms with van der Waals surface area (Å²) in [4.78, 5) is 15.7. The smallest absolute Gasteiger partial charge is 0.239 e. The lowest BCUT2D eigenvalue weighted by atomic mass is 10.2. The first kappa shape index (κ1) is 13.0. The van der Waals surface area contributed by atoms with E-state index in [1.807, 2.05) is 6.92 Å². The Bertz CT molecular complexity index is 556. The quantitative estimate of drug-likeness (QED) is 0.859. The minimum atomic E-state index is -3.23. The summed E-state index contributed by atoms with van der Waals surface area (Å²) in [6.07, 6.45) is 3.77. The van der Waals surface area contributed by atoms with Crippen molar-refractivity contribution in [2.24, 2.45) is 0 Å². The molecule has 7 heteroatoms. The Kier molecular flexibility index (Phi) is 3.63. The molecule has 1 aromatic rings. The van der Waals surface area contributed by atoms with Crippen molar-refractivity contribution in [3.8, 4) is 0 Å². The minimum Gasteiger partial charge on any atom is -0.323 e. The van der Waals surface area contributed by atoms with E-state index in [-0.39, 0.29) is 18.2 Å². The van der Waals surface area contributed by atoms with E-state index in [9.17, 15) is 13.2 Å². The third kappa shape index (κ3) is 2.85. The lowest BCUT2D eigenvalue weighted by Crippen LogP contribution is -2.34. The molecule has 0 atom stereocenters. The second kappa shape index (κ2) is 5.03. The van der Waals surface area contributed by atoms with E-state index >= 15 is 0 Å². The van der Waals surface area contributed by atoms with Gasteiger partial charge < -0.3 is 5.32 Å². The highest BCUT2D eigenvalue weighted by Gasteiger charge is 2.29. The molecule has 0 radical (unpaired) electrons. The number of nitrogens with one attached hydrogen (secondary N) is 1. The van der Waals surface area contributed by atoms with E-state index in [1.165, 1.54) is 4.31 Å². The first-order chi connectivity index (χ1) is 8.49. The van der Waals surface area contributed by atoms with Crippen molar-refractivity contribution < 1.29 is 13.2 Å². The van der Waals surface area contributed by atoms with Gasteiger partial charge in [0.15, 0.2) is 0 Å². The van der Waals surface area contributed by atoms with Gasteiger partial charge in [-0.1, -0.05) is 0 Å². The zero-order valence-electron chi connectivity index (χ0n) is 10.1. The van der Waals surface area contributed by atoms with Gasteiger partial charge in [-0.3, -0.25) is 9.78 Å². The number of aromatic nitrogens is 1. The number of anilines is 1. The van der Waals surface area contributed by atoms with Gasteiger partial charge in [0.1, 0.15) is 0 Å². The fraction of sp³-hybridized carbons (Fsp3) is 0.455. The van der Waals surface area contributed by atoms with Gasteiger partial charge in [-0.25, -0.2) is 8.42 Å². The molecule has 0 unspecified atom stereocenters. The summed E-state index contributed by atoms with van der Waals surface area (Å²) in [5.41, 5.74) is 1.50. The Hall–Kier alpha value is -1.47. The third-order valence-electron chi connectivity index (χ3n) is 2.84. The van der Waals surface area contributed by atoms with E-state index < -0.39 is 10.0 Å². The molecule has 98 valence electrons. The van der Waals surface area contributed by atoms with Crippen LogP contribution in [0.1, 0.15) is 12.0 Å². The van der Waals surface area contributed by atoms with Crippen molar-refractivity contribution in [2.45, 2.75) is 13.3 Å². The van der Waals surface area contributed by atoms with Gasteiger partial charge in [-0.2, -0.15) is 4.31 Å². The highest BCUT2D eigenvalue weighted by atomic mass is 32.2. The maximum absolute atomic E-state index is 11.8. The van der Waals surface area contributed by atoms with Crippen molar-refractivity contribution in [2.75, 3.05) is 24.2 Å². The molecule has 6 nitrogen and oxygen atoms in total. The number of nitrogens with zero attached hydrogens (tertiary/aromatic N) is 2. The first-order valence-corrected chi connectivity index (χ1v) is 7.28. The maximum Gasteiger partial charge on any atom is 0.239 e. The van der Waals surface area contributed by atoms with Crippen molar-refractivity contribution in [1.29, 1.82) is 0 Å². The number of amides is 1. The van der Waals surface area contributed by atoms with Crippen LogP contribution >= 0.6 is 0 Å². The molecule has 1 amide bonds. The summed E-state index contributed by atoms with van der Waals surface area (Å²) in [6.45, 7) is 2.14. The molecular formula is C11H15N3O3S. The first-order valence-electron chi connectivity index (χ1n) is 5.67. The summed E-state index contributed by atoms with van der Waals surface area (Å²) in [5, 5.41) is 2.67. The van der Waals surface area contributed by atoms with Crippen LogP contribution in [-0.4, -0.2) is 42.5 Å². The van der Waals surface area contributed by atoms with Gasteiger partial charge in [0.2, 0.25) is 15.9 Å². The lowest BCUT2D eigenvalue weighted by Gasteiger charge is -2.14. The van der Waals surface area contributed by atoms with Crippen LogP contribution in [0, 0.1) is 6.92 Å². The Balaban J connectivity index is 2.00. The largest absolute Gasteiger partial charge is 0.323 e. The van der Waals surface area contributed by atoms with Gasteiger partial charge >= 0.3 is 0 Å². The second-order valence-corrected chi connectivity index (χ2v) is 6.33.